The molecule has 4 amide bonds. The van der Waals surface area contributed by atoms with Crippen molar-refractivity contribution in [1.29, 1.82) is 0 Å². The van der Waals surface area contributed by atoms with Crippen molar-refractivity contribution in [3.8, 4) is 11.3 Å². The second-order valence-electron chi connectivity index (χ2n) is 16.4. The molecule has 328 valence electrons. The summed E-state index contributed by atoms with van der Waals surface area (Å²) in [6, 6.07) is 20.3. The number of benzene rings is 3. The molecule has 0 bridgehead atoms. The van der Waals surface area contributed by atoms with Crippen molar-refractivity contribution in [3.05, 3.63) is 132 Å². The summed E-state index contributed by atoms with van der Waals surface area (Å²) in [4.78, 5) is 71.8. The van der Waals surface area contributed by atoms with Crippen molar-refractivity contribution in [3.63, 3.8) is 0 Å². The molecule has 0 unspecified atom stereocenters. The van der Waals surface area contributed by atoms with Gasteiger partial charge in [-0.1, -0.05) is 93.3 Å². The number of hydrogen-bond donors (Lipinski definition) is 4. The third-order valence-electron chi connectivity index (χ3n) is 12.0. The summed E-state index contributed by atoms with van der Waals surface area (Å²) in [6.07, 6.45) is 11.8. The Morgan fingerprint density at radius 1 is 0.810 bits per heavy atom. The molecule has 7 rings (SSSR count). The van der Waals surface area contributed by atoms with Crippen LogP contribution in [-0.2, 0) is 25.5 Å². The first-order valence-corrected chi connectivity index (χ1v) is 21.5. The third-order valence-corrected chi connectivity index (χ3v) is 12.0. The van der Waals surface area contributed by atoms with E-state index in [0.717, 1.165) is 81.5 Å². The van der Waals surface area contributed by atoms with E-state index in [9.17, 15) is 19.2 Å². The lowest BCUT2D eigenvalue weighted by Crippen LogP contribution is -2.51. The Morgan fingerprint density at radius 2 is 1.44 bits per heavy atom. The number of nitrogens with zero attached hydrogens (tertiary/aromatic N) is 4. The molecule has 14 heteroatoms. The van der Waals surface area contributed by atoms with Gasteiger partial charge in [0.15, 0.2) is 0 Å². The molecule has 2 saturated heterocycles. The maximum atomic E-state index is 13.9. The number of H-pyrrole nitrogens is 2. The van der Waals surface area contributed by atoms with Crippen LogP contribution in [0.4, 0.5) is 9.59 Å². The van der Waals surface area contributed by atoms with Crippen LogP contribution in [0, 0.1) is 5.92 Å². The Labute approximate surface area is 367 Å². The molecular formula is C49H56N8O6. The zero-order chi connectivity index (χ0) is 44.6. The van der Waals surface area contributed by atoms with Gasteiger partial charge in [0, 0.05) is 25.1 Å². The van der Waals surface area contributed by atoms with Crippen LogP contribution in [0.3, 0.4) is 0 Å². The van der Waals surface area contributed by atoms with Gasteiger partial charge in [-0.25, -0.2) is 19.6 Å². The number of carbonyl (C=O) groups excluding carboxylic acids is 4. The summed E-state index contributed by atoms with van der Waals surface area (Å²) >= 11 is 0. The highest BCUT2D eigenvalue weighted by Crippen LogP contribution is 2.35. The van der Waals surface area contributed by atoms with Crippen LogP contribution >= 0.6 is 0 Å². The van der Waals surface area contributed by atoms with Gasteiger partial charge in [0.1, 0.15) is 23.7 Å². The summed E-state index contributed by atoms with van der Waals surface area (Å²) in [5.41, 5.74) is 6.54. The molecule has 4 atom stereocenters. The molecule has 2 aliphatic rings. The normalized spacial score (nSPS) is 17.7. The standard InChI is InChI=1S/C49H56N8O6/c1-7-33(18-17-31(4)39-28-50-44(52-39)41-15-11-23-56(41)46(58)38(54-48(60)62-5)25-32-13-9-8-10-14-32)34-19-20-36-27-37(22-21-35(36)26-34)40-29-51-45(53-40)42-16-12-24-57(42)47(59)43(30(2)3)55-49(61)63-6/h7-10,13-14,17-22,26-30,38,41-43H,1,11-12,15-16,23-25H2,2-6H3,(H,50,52)(H,51,53)(H,54,60)(H,55,61)/b31-17+,33-18+/t38-,41+,42+,43+/m1/s1. The number of methoxy groups -OCH3 is 2. The maximum absolute atomic E-state index is 13.9. The number of ether oxygens (including phenoxy) is 2. The second kappa shape index (κ2) is 19.8. The van der Waals surface area contributed by atoms with Gasteiger partial charge in [0.05, 0.1) is 50.1 Å². The van der Waals surface area contributed by atoms with Gasteiger partial charge in [-0.2, -0.15) is 0 Å². The molecule has 3 aromatic carbocycles. The first-order valence-electron chi connectivity index (χ1n) is 21.5. The van der Waals surface area contributed by atoms with E-state index in [4.69, 9.17) is 19.4 Å². The molecule has 4 N–H and O–H groups in total. The number of likely N-dealkylation sites (tertiary alicyclic amines) is 2. The van der Waals surface area contributed by atoms with Crippen molar-refractivity contribution in [2.45, 2.75) is 77.0 Å². The van der Waals surface area contributed by atoms with E-state index in [2.05, 4.69) is 63.6 Å². The van der Waals surface area contributed by atoms with Crippen molar-refractivity contribution in [2.24, 2.45) is 5.92 Å². The predicted molar refractivity (Wildman–Crippen MR) is 243 cm³/mol. The minimum Gasteiger partial charge on any atom is -0.453 e. The second-order valence-corrected chi connectivity index (χ2v) is 16.4. The number of rotatable bonds is 14. The van der Waals surface area contributed by atoms with Gasteiger partial charge in [-0.3, -0.25) is 9.59 Å². The number of carbonyl (C=O) groups is 4. The monoisotopic (exact) mass is 852 g/mol. The molecule has 0 aliphatic carbocycles. The van der Waals surface area contributed by atoms with Crippen molar-refractivity contribution < 1.29 is 28.7 Å². The van der Waals surface area contributed by atoms with E-state index in [1.54, 1.807) is 11.1 Å². The Morgan fingerprint density at radius 3 is 2.13 bits per heavy atom. The molecule has 2 aromatic heterocycles. The average Bonchev–Trinajstić information content (AvgIpc) is 4.15. The van der Waals surface area contributed by atoms with Gasteiger partial charge in [-0.15, -0.1) is 0 Å². The SMILES string of the molecule is C=C/C(=C\C=C(/C)c1cnc([C@@H]2CCCN2C(=O)[C@@H](Cc2ccccc2)NC(=O)OC)[nH]1)c1ccc2cc(-c3cnc([C@@H]4CCCN4C(=O)[C@@H](NC(=O)OC)C(C)C)[nH]3)ccc2c1. The van der Waals surface area contributed by atoms with Crippen LogP contribution in [0.2, 0.25) is 0 Å². The number of aromatic amines is 2. The van der Waals surface area contributed by atoms with E-state index in [-0.39, 0.29) is 29.8 Å². The Kier molecular flexibility index (Phi) is 13.9. The van der Waals surface area contributed by atoms with E-state index in [0.29, 0.717) is 25.3 Å². The molecule has 2 aliphatic heterocycles. The molecule has 0 saturated carbocycles. The van der Waals surface area contributed by atoms with Crippen molar-refractivity contribution in [1.82, 2.24) is 40.4 Å². The van der Waals surface area contributed by atoms with Crippen molar-refractivity contribution in [2.75, 3.05) is 27.3 Å². The van der Waals surface area contributed by atoms with Gasteiger partial charge in [-0.05, 0) is 83.7 Å². The van der Waals surface area contributed by atoms with Crippen LogP contribution < -0.4 is 10.6 Å². The minimum atomic E-state index is -0.780. The van der Waals surface area contributed by atoms with Crippen molar-refractivity contribution >= 4 is 45.9 Å². The van der Waals surface area contributed by atoms with Gasteiger partial charge in [0.2, 0.25) is 11.8 Å². The number of alkyl carbamates (subject to hydrolysis) is 2. The molecule has 2 fully saturated rings. The first kappa shape index (κ1) is 44.1. The fourth-order valence-corrected chi connectivity index (χ4v) is 8.50. The topological polar surface area (TPSA) is 175 Å². The summed E-state index contributed by atoms with van der Waals surface area (Å²) in [6.45, 7) is 11.1. The smallest absolute Gasteiger partial charge is 0.407 e. The van der Waals surface area contributed by atoms with Crippen LogP contribution in [0.1, 0.15) is 87.0 Å². The third kappa shape index (κ3) is 10.1. The summed E-state index contributed by atoms with van der Waals surface area (Å²) in [7, 11) is 2.58. The predicted octanol–water partition coefficient (Wildman–Crippen LogP) is 8.30. The van der Waals surface area contributed by atoms with Crippen LogP contribution in [0.15, 0.2) is 104 Å². The molecule has 63 heavy (non-hydrogen) atoms. The molecular weight excluding hydrogens is 797 g/mol. The maximum Gasteiger partial charge on any atom is 0.407 e. The lowest BCUT2D eigenvalue weighted by molar-refractivity contribution is -0.135. The average molecular weight is 853 g/mol. The minimum absolute atomic E-state index is 0.113. The van der Waals surface area contributed by atoms with Crippen LogP contribution in [0.5, 0.6) is 0 Å². The first-order chi connectivity index (χ1) is 30.5. The Hall–Kier alpha value is -6.96. The summed E-state index contributed by atoms with van der Waals surface area (Å²) < 4.78 is 9.62. The molecule has 5 aromatic rings. The number of imidazole rings is 2. The number of hydrogen-bond acceptors (Lipinski definition) is 8. The van der Waals surface area contributed by atoms with Crippen LogP contribution in [0.25, 0.3) is 33.2 Å². The van der Waals surface area contributed by atoms with E-state index < -0.39 is 24.3 Å². The summed E-state index contributed by atoms with van der Waals surface area (Å²) in [5, 5.41) is 7.57. The van der Waals surface area contributed by atoms with Gasteiger partial charge >= 0.3 is 12.2 Å². The largest absolute Gasteiger partial charge is 0.453 e. The van der Waals surface area contributed by atoms with E-state index >= 15 is 0 Å². The lowest BCUT2D eigenvalue weighted by atomic mass is 9.98. The quantitative estimate of drug-likeness (QED) is 0.0808. The number of amides is 4. The highest BCUT2D eigenvalue weighted by atomic mass is 16.5. The number of fused-ring (bicyclic) bond motifs is 1. The van der Waals surface area contributed by atoms with E-state index in [1.165, 1.54) is 14.2 Å². The fraction of sp³-hybridized carbons (Fsp3) is 0.347. The number of aromatic nitrogens is 4. The highest BCUT2D eigenvalue weighted by molar-refractivity contribution is 5.91. The number of allylic oxidation sites excluding steroid dienone is 5. The van der Waals surface area contributed by atoms with E-state index in [1.807, 2.05) is 80.4 Å². The molecule has 14 nitrogen and oxygen atoms in total. The highest BCUT2D eigenvalue weighted by Gasteiger charge is 2.38. The zero-order valence-electron chi connectivity index (χ0n) is 36.5. The van der Waals surface area contributed by atoms with Gasteiger partial charge in [0.25, 0.3) is 0 Å². The summed E-state index contributed by atoms with van der Waals surface area (Å²) in [5.74, 6) is 0.988. The van der Waals surface area contributed by atoms with Gasteiger partial charge < -0.3 is 39.9 Å². The molecule has 4 heterocycles. The zero-order valence-corrected chi connectivity index (χ0v) is 36.5. The van der Waals surface area contributed by atoms with Crippen LogP contribution in [-0.4, -0.2) is 93.1 Å². The molecule has 0 spiro atoms. The molecule has 0 radical (unpaired) electrons. The Bertz CT molecular complexity index is 2520. The Balaban J connectivity index is 1.03. The number of nitrogens with one attached hydrogen (secondary N) is 4. The fourth-order valence-electron chi connectivity index (χ4n) is 8.50. The lowest BCUT2D eigenvalue weighted by Gasteiger charge is -2.30.